The fraction of sp³-hybridized carbons (Fsp3) is 0. The van der Waals surface area contributed by atoms with Crippen molar-refractivity contribution in [1.82, 2.24) is 4.98 Å². The number of nitriles is 1. The first-order chi connectivity index (χ1) is 9.10. The number of ether oxygens (including phenoxy) is 1. The first kappa shape index (κ1) is 13.0. The van der Waals surface area contributed by atoms with Gasteiger partial charge in [-0.05, 0) is 40.2 Å². The Morgan fingerprint density at radius 3 is 2.63 bits per heavy atom. The van der Waals surface area contributed by atoms with Gasteiger partial charge in [0.25, 0.3) is 5.88 Å². The Morgan fingerprint density at radius 2 is 2.05 bits per heavy atom. The maximum Gasteiger partial charge on any atom is 0.332 e. The summed E-state index contributed by atoms with van der Waals surface area (Å²) in [5, 5.41) is 19.6. The second kappa shape index (κ2) is 5.46. The molecule has 0 N–H and O–H groups in total. The molecule has 2 aromatic rings. The standard InChI is InChI=1S/C12H6BrN3O3/c13-9-5-11(16(17)18)12(15-7-9)19-10-3-1-8(6-14)2-4-10/h1-5,7H. The lowest BCUT2D eigenvalue weighted by molar-refractivity contribution is -0.386. The highest BCUT2D eigenvalue weighted by atomic mass is 79.9. The Labute approximate surface area is 116 Å². The molecule has 0 fully saturated rings. The van der Waals surface area contributed by atoms with E-state index in [2.05, 4.69) is 20.9 Å². The zero-order chi connectivity index (χ0) is 13.8. The molecule has 0 saturated heterocycles. The van der Waals surface area contributed by atoms with Gasteiger partial charge in [-0.15, -0.1) is 0 Å². The van der Waals surface area contributed by atoms with Crippen molar-refractivity contribution in [2.75, 3.05) is 0 Å². The van der Waals surface area contributed by atoms with Gasteiger partial charge >= 0.3 is 5.69 Å². The SMILES string of the molecule is N#Cc1ccc(Oc2ncc(Br)cc2[N+](=O)[O-])cc1. The quantitative estimate of drug-likeness (QED) is 0.638. The van der Waals surface area contributed by atoms with Crippen molar-refractivity contribution in [3.8, 4) is 17.7 Å². The predicted octanol–water partition coefficient (Wildman–Crippen LogP) is 3.42. The van der Waals surface area contributed by atoms with Gasteiger partial charge in [-0.2, -0.15) is 5.26 Å². The van der Waals surface area contributed by atoms with Crippen molar-refractivity contribution in [3.63, 3.8) is 0 Å². The molecule has 0 spiro atoms. The molecule has 1 heterocycles. The Kier molecular flexibility index (Phi) is 3.73. The van der Waals surface area contributed by atoms with Crippen LogP contribution in [0.1, 0.15) is 5.56 Å². The second-order valence-electron chi connectivity index (χ2n) is 3.47. The summed E-state index contributed by atoms with van der Waals surface area (Å²) in [7, 11) is 0. The number of nitro groups is 1. The minimum atomic E-state index is -0.573. The van der Waals surface area contributed by atoms with Crippen molar-refractivity contribution in [2.24, 2.45) is 0 Å². The molecule has 1 aromatic heterocycles. The molecule has 7 heteroatoms. The maximum atomic E-state index is 10.9. The van der Waals surface area contributed by atoms with E-state index in [1.807, 2.05) is 6.07 Å². The molecule has 0 amide bonds. The van der Waals surface area contributed by atoms with E-state index in [0.717, 1.165) is 0 Å². The van der Waals surface area contributed by atoms with Gasteiger partial charge < -0.3 is 4.74 Å². The lowest BCUT2D eigenvalue weighted by Crippen LogP contribution is -1.96. The highest BCUT2D eigenvalue weighted by Gasteiger charge is 2.18. The Balaban J connectivity index is 2.32. The van der Waals surface area contributed by atoms with E-state index in [-0.39, 0.29) is 11.6 Å². The van der Waals surface area contributed by atoms with Crippen molar-refractivity contribution < 1.29 is 9.66 Å². The van der Waals surface area contributed by atoms with Crippen LogP contribution in [0, 0.1) is 21.4 Å². The summed E-state index contributed by atoms with van der Waals surface area (Å²) < 4.78 is 5.83. The number of nitrogens with zero attached hydrogens (tertiary/aromatic N) is 3. The van der Waals surface area contributed by atoms with Crippen LogP contribution in [0.4, 0.5) is 5.69 Å². The smallest absolute Gasteiger partial charge is 0.332 e. The van der Waals surface area contributed by atoms with Gasteiger partial charge in [0.2, 0.25) is 0 Å². The van der Waals surface area contributed by atoms with Gasteiger partial charge in [0.15, 0.2) is 0 Å². The summed E-state index contributed by atoms with van der Waals surface area (Å²) in [6.45, 7) is 0. The van der Waals surface area contributed by atoms with Crippen LogP contribution in [-0.2, 0) is 0 Å². The molecule has 0 aliphatic carbocycles. The number of pyridine rings is 1. The summed E-state index contributed by atoms with van der Waals surface area (Å²) in [6.07, 6.45) is 1.41. The summed E-state index contributed by atoms with van der Waals surface area (Å²) in [5.41, 5.74) is 0.240. The first-order valence-electron chi connectivity index (χ1n) is 5.08. The predicted molar refractivity (Wildman–Crippen MR) is 69.8 cm³/mol. The zero-order valence-corrected chi connectivity index (χ0v) is 11.0. The number of aromatic nitrogens is 1. The molecule has 0 atom stereocenters. The van der Waals surface area contributed by atoms with Crippen LogP contribution in [0.5, 0.6) is 11.6 Å². The maximum absolute atomic E-state index is 10.9. The number of rotatable bonds is 3. The third-order valence-corrected chi connectivity index (χ3v) is 2.63. The zero-order valence-electron chi connectivity index (χ0n) is 9.41. The molecule has 19 heavy (non-hydrogen) atoms. The van der Waals surface area contributed by atoms with Crippen LogP contribution in [0.25, 0.3) is 0 Å². The van der Waals surface area contributed by atoms with Crippen LogP contribution in [-0.4, -0.2) is 9.91 Å². The molecule has 94 valence electrons. The van der Waals surface area contributed by atoms with E-state index in [1.54, 1.807) is 24.3 Å². The van der Waals surface area contributed by atoms with E-state index in [1.165, 1.54) is 12.3 Å². The van der Waals surface area contributed by atoms with Crippen LogP contribution >= 0.6 is 15.9 Å². The minimum absolute atomic E-state index is 0.0992. The van der Waals surface area contributed by atoms with Crippen LogP contribution in [0.2, 0.25) is 0 Å². The normalized spacial score (nSPS) is 9.68. The van der Waals surface area contributed by atoms with Crippen LogP contribution in [0.3, 0.4) is 0 Å². The van der Waals surface area contributed by atoms with Gasteiger partial charge in [0.05, 0.1) is 16.6 Å². The molecular weight excluding hydrogens is 314 g/mol. The third kappa shape index (κ3) is 3.05. The molecule has 6 nitrogen and oxygen atoms in total. The molecule has 2 rings (SSSR count). The monoisotopic (exact) mass is 319 g/mol. The van der Waals surface area contributed by atoms with E-state index in [0.29, 0.717) is 15.8 Å². The molecule has 0 aliphatic rings. The summed E-state index contributed by atoms with van der Waals surface area (Å²) >= 11 is 3.11. The number of halogens is 1. The van der Waals surface area contributed by atoms with E-state index >= 15 is 0 Å². The average molecular weight is 320 g/mol. The van der Waals surface area contributed by atoms with Crippen molar-refractivity contribution in [3.05, 3.63) is 56.7 Å². The Bertz CT molecular complexity index is 665. The summed E-state index contributed by atoms with van der Waals surface area (Å²) in [5.74, 6) is 0.273. The van der Waals surface area contributed by atoms with Gasteiger partial charge in [0.1, 0.15) is 5.75 Å². The van der Waals surface area contributed by atoms with Gasteiger partial charge in [-0.3, -0.25) is 10.1 Å². The largest absolute Gasteiger partial charge is 0.434 e. The Hall–Kier alpha value is -2.46. The Morgan fingerprint density at radius 1 is 1.37 bits per heavy atom. The molecule has 0 unspecified atom stereocenters. The van der Waals surface area contributed by atoms with Gasteiger partial charge in [0, 0.05) is 16.7 Å². The molecular formula is C12H6BrN3O3. The van der Waals surface area contributed by atoms with Crippen molar-refractivity contribution in [2.45, 2.75) is 0 Å². The lowest BCUT2D eigenvalue weighted by atomic mass is 10.2. The van der Waals surface area contributed by atoms with Crippen LogP contribution in [0.15, 0.2) is 41.0 Å². The third-order valence-electron chi connectivity index (χ3n) is 2.19. The fourth-order valence-corrected chi connectivity index (χ4v) is 1.65. The second-order valence-corrected chi connectivity index (χ2v) is 4.39. The topological polar surface area (TPSA) is 89.0 Å². The van der Waals surface area contributed by atoms with Crippen molar-refractivity contribution in [1.29, 1.82) is 5.26 Å². The van der Waals surface area contributed by atoms with E-state index in [9.17, 15) is 10.1 Å². The summed E-state index contributed by atoms with van der Waals surface area (Å²) in [6, 6.07) is 9.49. The van der Waals surface area contributed by atoms with Gasteiger partial charge in [-0.1, -0.05) is 0 Å². The van der Waals surface area contributed by atoms with E-state index in [4.69, 9.17) is 10.00 Å². The molecule has 0 radical (unpaired) electrons. The van der Waals surface area contributed by atoms with Gasteiger partial charge in [-0.25, -0.2) is 4.98 Å². The fourth-order valence-electron chi connectivity index (χ4n) is 1.33. The molecule has 1 aromatic carbocycles. The van der Waals surface area contributed by atoms with Crippen molar-refractivity contribution >= 4 is 21.6 Å². The number of hydrogen-bond acceptors (Lipinski definition) is 5. The lowest BCUT2D eigenvalue weighted by Gasteiger charge is -2.05. The summed E-state index contributed by atoms with van der Waals surface area (Å²) in [4.78, 5) is 14.2. The molecule has 0 aliphatic heterocycles. The molecule has 0 saturated carbocycles. The minimum Gasteiger partial charge on any atom is -0.434 e. The highest BCUT2D eigenvalue weighted by Crippen LogP contribution is 2.31. The first-order valence-corrected chi connectivity index (χ1v) is 5.87. The van der Waals surface area contributed by atoms with Crippen LogP contribution < -0.4 is 4.74 Å². The number of hydrogen-bond donors (Lipinski definition) is 0. The number of benzene rings is 1. The molecule has 0 bridgehead atoms. The highest BCUT2D eigenvalue weighted by molar-refractivity contribution is 9.10. The average Bonchev–Trinajstić information content (AvgIpc) is 2.41. The van der Waals surface area contributed by atoms with E-state index < -0.39 is 4.92 Å².